The van der Waals surface area contributed by atoms with Gasteiger partial charge in [-0.15, -0.1) is 0 Å². The van der Waals surface area contributed by atoms with Crippen molar-refractivity contribution in [2.45, 2.75) is 183 Å². The summed E-state index contributed by atoms with van der Waals surface area (Å²) >= 11 is 0. The molecule has 36 nitrogen and oxygen atoms in total. The molecule has 0 unspecified atom stereocenters. The number of amides is 13. The standard InChI is InChI=1S/C65H91N15O21/c1-33(54(89)72-42(65(100)101)17-10-11-25-66)70-62(97)52(34(2)82)78-59(94)44(28-37-15-8-5-9-16-37)75-61(96)48-18-12-26-80(48)64(99)46(31-50(69)86)76-63(98)53(35(3)83)79-60(95)47(32-81)77-56(91)41(23-24-51(87)88)71-57(92)43(29-38-19-21-39(84)22-20-38)74-58(93)45(30-49(68)85)73-55(90)40(67)27-36-13-6-4-7-14-36/h4-9,13-16,19-22,33-35,40-48,52-53,81-84H,10-12,17-18,23-32,66-67H2,1-3H3,(H2,68,85)(H2,69,86)(H,70,97)(H,71,92)(H,72,89)(H,73,90)(H,74,93)(H,75,96)(H,76,98)(H,77,91)(H,78,94)(H,79,95)(H,87,88)(H,100,101)/p+2/t33-,34+,35+,40-,41-,42-,43-,44-,45-,46-,47-,48-,52-,53-/m0/s1. The molecule has 1 aliphatic heterocycles. The molecule has 14 atom stereocenters. The van der Waals surface area contributed by atoms with Gasteiger partial charge in [-0.1, -0.05) is 72.8 Å². The van der Waals surface area contributed by atoms with Crippen molar-refractivity contribution in [3.05, 3.63) is 102 Å². The van der Waals surface area contributed by atoms with Crippen molar-refractivity contribution in [2.75, 3.05) is 19.7 Å². The van der Waals surface area contributed by atoms with E-state index in [9.17, 15) is 103 Å². The Balaban J connectivity index is 1.52. The summed E-state index contributed by atoms with van der Waals surface area (Å²) in [6.45, 7) is 2.49. The number of carboxylic acids is 2. The topological polar surface area (TPSA) is 608 Å². The lowest BCUT2D eigenvalue weighted by Gasteiger charge is -2.31. The van der Waals surface area contributed by atoms with Crippen molar-refractivity contribution in [3.8, 4) is 5.75 Å². The molecule has 36 heteroatoms. The predicted molar refractivity (Wildman–Crippen MR) is 353 cm³/mol. The van der Waals surface area contributed by atoms with E-state index in [2.05, 4.69) is 64.6 Å². The molecule has 101 heavy (non-hydrogen) atoms. The number of aromatic hydroxyl groups is 1. The summed E-state index contributed by atoms with van der Waals surface area (Å²) in [5, 5.41) is 84.7. The predicted octanol–water partition coefficient (Wildman–Crippen LogP) is -8.24. The Morgan fingerprint density at radius 2 is 0.950 bits per heavy atom. The summed E-state index contributed by atoms with van der Waals surface area (Å²) in [4.78, 5) is 203. The van der Waals surface area contributed by atoms with Crippen molar-refractivity contribution < 1.29 is 114 Å². The largest absolute Gasteiger partial charge is 0.508 e. The molecule has 1 saturated heterocycles. The molecule has 1 aliphatic rings. The molecule has 1 heterocycles. The van der Waals surface area contributed by atoms with Crippen LogP contribution in [0.1, 0.15) is 95.2 Å². The molecule has 1 fully saturated rings. The minimum Gasteiger partial charge on any atom is -0.508 e. The molecule has 0 radical (unpaired) electrons. The van der Waals surface area contributed by atoms with Crippen LogP contribution in [0.15, 0.2) is 84.9 Å². The molecule has 26 N–H and O–H groups in total. The maximum Gasteiger partial charge on any atom is 0.326 e. The lowest BCUT2D eigenvalue weighted by molar-refractivity contribution is -0.403. The van der Waals surface area contributed by atoms with Gasteiger partial charge in [0.1, 0.15) is 72.2 Å². The number of benzene rings is 3. The van der Waals surface area contributed by atoms with E-state index in [0.29, 0.717) is 30.5 Å². The normalized spacial score (nSPS) is 16.4. The molecule has 13 amide bonds. The molecule has 0 aromatic heterocycles. The number of aliphatic hydroxyl groups excluding tert-OH is 3. The van der Waals surface area contributed by atoms with Crippen LogP contribution >= 0.6 is 0 Å². The van der Waals surface area contributed by atoms with Crippen molar-refractivity contribution in [1.82, 2.24) is 58.1 Å². The Morgan fingerprint density at radius 3 is 1.48 bits per heavy atom. The van der Waals surface area contributed by atoms with Crippen LogP contribution in [-0.4, -0.2) is 229 Å². The van der Waals surface area contributed by atoms with E-state index in [4.69, 9.17) is 11.5 Å². The Kier molecular flexibility index (Phi) is 33.6. The summed E-state index contributed by atoms with van der Waals surface area (Å²) < 4.78 is 0. The van der Waals surface area contributed by atoms with Crippen molar-refractivity contribution in [3.63, 3.8) is 0 Å². The summed E-state index contributed by atoms with van der Waals surface area (Å²) in [5.74, 6) is -17.4. The van der Waals surface area contributed by atoms with E-state index in [1.807, 2.05) is 0 Å². The number of phenols is 1. The molecule has 3 aromatic rings. The third-order valence-electron chi connectivity index (χ3n) is 16.1. The molecule has 0 saturated carbocycles. The summed E-state index contributed by atoms with van der Waals surface area (Å²) in [5.41, 5.74) is 20.0. The first-order chi connectivity index (χ1) is 47.7. The molecule has 4 rings (SSSR count). The van der Waals surface area contributed by atoms with Gasteiger partial charge in [0.2, 0.25) is 70.9 Å². The highest BCUT2D eigenvalue weighted by molar-refractivity contribution is 6.01. The number of phenolic OH excluding ortho intramolecular Hbond substituents is 1. The van der Waals surface area contributed by atoms with E-state index in [1.165, 1.54) is 31.2 Å². The zero-order valence-electron chi connectivity index (χ0n) is 56.1. The summed E-state index contributed by atoms with van der Waals surface area (Å²) in [7, 11) is 0. The van der Waals surface area contributed by atoms with Crippen molar-refractivity contribution in [1.29, 1.82) is 0 Å². The second kappa shape index (κ2) is 41.0. The van der Waals surface area contributed by atoms with E-state index >= 15 is 0 Å². The Bertz CT molecular complexity index is 3390. The number of rotatable bonds is 42. The minimum absolute atomic E-state index is 0.0578. The van der Waals surface area contributed by atoms with Crippen LogP contribution in [0.3, 0.4) is 0 Å². The van der Waals surface area contributed by atoms with E-state index in [1.54, 1.807) is 60.7 Å². The van der Waals surface area contributed by atoms with Gasteiger partial charge in [0.15, 0.2) is 6.04 Å². The average molecular weight is 1420 g/mol. The second-order valence-corrected chi connectivity index (χ2v) is 24.4. The van der Waals surface area contributed by atoms with Gasteiger partial charge < -0.3 is 112 Å². The lowest BCUT2D eigenvalue weighted by Crippen LogP contribution is -2.70. The number of aliphatic hydroxyl groups is 3. The molecule has 0 aliphatic carbocycles. The van der Waals surface area contributed by atoms with Gasteiger partial charge >= 0.3 is 11.9 Å². The summed E-state index contributed by atoms with van der Waals surface area (Å²) in [6.07, 6.45) is -6.06. The van der Waals surface area contributed by atoms with Gasteiger partial charge in [-0.2, -0.15) is 0 Å². The van der Waals surface area contributed by atoms with Crippen molar-refractivity contribution >= 4 is 88.7 Å². The number of likely N-dealkylation sites (tertiary alicyclic amines) is 1. The number of unbranched alkanes of at least 4 members (excludes halogenated alkanes) is 1. The SMILES string of the molecule is C[C@H](NC(=O)[C@@H](NC(=O)[C@H](Cc1ccccc1)NC(=O)[C@@H]1CCCN1C(=O)[C@H](CC(N)=O)NC(=O)[C@@H](NC(=O)[C@H](CO)NC(=O)[C@H](CCC(=O)O)NC(=O)[C@H](Cc1ccc(O)cc1)NC(=O)[C@H](CC(N)=O)NC(=O)[C@@H]([NH3+])Cc1ccccc1)[C@@H](C)O)[C@@H](C)O)C(=O)N[C@@H](CCCC[NH3+])C(=O)O. The maximum atomic E-state index is 14.5. The summed E-state index contributed by atoms with van der Waals surface area (Å²) in [6, 6.07) is 2.31. The number of nitrogens with zero attached hydrogens (tertiary/aromatic N) is 1. The maximum absolute atomic E-state index is 14.5. The highest BCUT2D eigenvalue weighted by Gasteiger charge is 2.42. The number of hydrogen-bond acceptors (Lipinski definition) is 19. The molecular formula is C65H93N15O21+2. The van der Waals surface area contributed by atoms with Crippen LogP contribution in [0.25, 0.3) is 0 Å². The number of carbonyl (C=O) groups excluding carboxylic acids is 13. The third kappa shape index (κ3) is 27.5. The zero-order valence-corrected chi connectivity index (χ0v) is 56.1. The van der Waals surface area contributed by atoms with Gasteiger partial charge in [0, 0.05) is 32.2 Å². The van der Waals surface area contributed by atoms with E-state index in [0.717, 1.165) is 24.3 Å². The highest BCUT2D eigenvalue weighted by Crippen LogP contribution is 2.21. The van der Waals surface area contributed by atoms with Crippen LogP contribution < -0.4 is 76.1 Å². The van der Waals surface area contributed by atoms with Crippen molar-refractivity contribution in [2.24, 2.45) is 11.5 Å². The smallest absolute Gasteiger partial charge is 0.326 e. The minimum atomic E-state index is -2.08. The molecule has 0 bridgehead atoms. The fourth-order valence-corrected chi connectivity index (χ4v) is 10.6. The number of primary amides is 2. The average Bonchev–Trinajstić information content (AvgIpc) is 1.74. The number of nitrogens with one attached hydrogen (secondary N) is 10. The first kappa shape index (κ1) is 82.7. The number of hydrogen-bond donors (Lipinski definition) is 20. The van der Waals surface area contributed by atoms with Crippen LogP contribution in [0.5, 0.6) is 5.75 Å². The quantitative estimate of drug-likeness (QED) is 0.0234. The lowest BCUT2D eigenvalue weighted by atomic mass is 10.0. The van der Waals surface area contributed by atoms with Crippen LogP contribution in [0.2, 0.25) is 0 Å². The van der Waals surface area contributed by atoms with Gasteiger partial charge in [0.05, 0.1) is 38.2 Å². The first-order valence-corrected chi connectivity index (χ1v) is 32.5. The van der Waals surface area contributed by atoms with Crippen LogP contribution in [0.4, 0.5) is 0 Å². The number of nitrogens with two attached hydrogens (primary N) is 2. The van der Waals surface area contributed by atoms with Crippen LogP contribution in [-0.2, 0) is 91.2 Å². The number of quaternary nitrogens is 2. The fraction of sp³-hybridized carbons (Fsp3) is 0.492. The molecule has 0 spiro atoms. The fourth-order valence-electron chi connectivity index (χ4n) is 10.6. The molecule has 3 aromatic carbocycles. The van der Waals surface area contributed by atoms with Gasteiger partial charge in [-0.3, -0.25) is 67.1 Å². The third-order valence-corrected chi connectivity index (χ3v) is 16.1. The number of aliphatic carboxylic acids is 2. The Labute approximate surface area is 579 Å². The van der Waals surface area contributed by atoms with E-state index < -0.39 is 212 Å². The van der Waals surface area contributed by atoms with Gasteiger partial charge in [-0.05, 0) is 88.1 Å². The molecular weight excluding hydrogens is 1330 g/mol. The van der Waals surface area contributed by atoms with Gasteiger partial charge in [-0.25, -0.2) is 4.79 Å². The first-order valence-electron chi connectivity index (χ1n) is 32.5. The highest BCUT2D eigenvalue weighted by atomic mass is 16.4. The Hall–Kier alpha value is -10.7. The zero-order chi connectivity index (χ0) is 75.2. The Morgan fingerprint density at radius 1 is 0.505 bits per heavy atom. The monoisotopic (exact) mass is 1420 g/mol. The second-order valence-electron chi connectivity index (χ2n) is 24.4. The molecule has 552 valence electrons. The van der Waals surface area contributed by atoms with E-state index in [-0.39, 0.29) is 44.4 Å². The van der Waals surface area contributed by atoms with Gasteiger partial charge in [0.25, 0.3) is 5.91 Å². The number of carboxylic acid groups (broad SMARTS) is 2. The number of carbonyl (C=O) groups is 15. The van der Waals surface area contributed by atoms with Crippen LogP contribution in [0, 0.1) is 0 Å².